The highest BCUT2D eigenvalue weighted by molar-refractivity contribution is 5.90. The number of carbonyl (C=O) groups is 3. The summed E-state index contributed by atoms with van der Waals surface area (Å²) >= 11 is 0. The molecule has 1 aliphatic carbocycles. The summed E-state index contributed by atoms with van der Waals surface area (Å²) in [4.78, 5) is 38.7. The lowest BCUT2D eigenvalue weighted by molar-refractivity contribution is -0.124. The number of benzene rings is 2. The second kappa shape index (κ2) is 8.42. The molecule has 174 valence electrons. The lowest BCUT2D eigenvalue weighted by Crippen LogP contribution is -2.60. The number of fused-ring (bicyclic) bond motifs is 3. The minimum Gasteiger partial charge on any atom is -0.448 e. The summed E-state index contributed by atoms with van der Waals surface area (Å²) in [7, 11) is 0. The van der Waals surface area contributed by atoms with Crippen molar-refractivity contribution >= 4 is 18.1 Å². The first-order valence-corrected chi connectivity index (χ1v) is 11.0. The van der Waals surface area contributed by atoms with Gasteiger partial charge in [-0.1, -0.05) is 48.5 Å². The summed E-state index contributed by atoms with van der Waals surface area (Å²) in [6.07, 6.45) is -1.12. The predicted octanol–water partition coefficient (Wildman–Crippen LogP) is 3.39. The van der Waals surface area contributed by atoms with Crippen LogP contribution in [-0.2, 0) is 14.3 Å². The Labute approximate surface area is 193 Å². The van der Waals surface area contributed by atoms with Crippen molar-refractivity contribution < 1.29 is 23.9 Å². The van der Waals surface area contributed by atoms with Crippen LogP contribution in [-0.4, -0.2) is 53.8 Å². The average Bonchev–Trinajstić information content (AvgIpc) is 3.31. The van der Waals surface area contributed by atoms with E-state index in [4.69, 9.17) is 15.2 Å². The van der Waals surface area contributed by atoms with Crippen molar-refractivity contribution in [2.75, 3.05) is 19.7 Å². The van der Waals surface area contributed by atoms with Gasteiger partial charge in [0, 0.05) is 12.5 Å². The number of rotatable bonds is 4. The van der Waals surface area contributed by atoms with Gasteiger partial charge in [-0.05, 0) is 49.4 Å². The first-order valence-electron chi connectivity index (χ1n) is 11.0. The van der Waals surface area contributed by atoms with Crippen LogP contribution in [0.25, 0.3) is 11.1 Å². The van der Waals surface area contributed by atoms with E-state index >= 15 is 0 Å². The Kier molecular flexibility index (Phi) is 5.78. The molecule has 1 aliphatic heterocycles. The number of hydrogen-bond acceptors (Lipinski definition) is 5. The minimum atomic E-state index is -1.39. The number of nitrogens with one attached hydrogen (secondary N) is 1. The van der Waals surface area contributed by atoms with Crippen LogP contribution in [0.5, 0.6) is 0 Å². The van der Waals surface area contributed by atoms with E-state index in [0.29, 0.717) is 0 Å². The smallest absolute Gasteiger partial charge is 0.409 e. The molecular weight excluding hydrogens is 422 g/mol. The first kappa shape index (κ1) is 22.6. The van der Waals surface area contributed by atoms with Crippen molar-refractivity contribution in [3.05, 3.63) is 59.7 Å². The molecule has 0 aromatic heterocycles. The maximum Gasteiger partial charge on any atom is 0.409 e. The Morgan fingerprint density at radius 1 is 1.06 bits per heavy atom. The molecule has 2 aromatic carbocycles. The summed E-state index contributed by atoms with van der Waals surface area (Å²) in [5.41, 5.74) is 8.00. The Morgan fingerprint density at radius 2 is 1.64 bits per heavy atom. The van der Waals surface area contributed by atoms with Gasteiger partial charge < -0.3 is 25.4 Å². The standard InChI is InChI=1S/C25H29N3O5/c1-24(2,3)33-22(30)27-25(21(26)29)12-13-28(15-25)23(31)32-14-20-18-10-6-4-8-16(18)17-9-5-7-11-19(17)20/h4-11,20H,12-15H2,1-3H3,(H2,26,29)(H,27,30). The number of carbonyl (C=O) groups excluding carboxylic acids is 3. The molecule has 0 saturated carbocycles. The SMILES string of the molecule is CC(C)(C)OC(=O)NC1(C(N)=O)CCN(C(=O)OCC2c3ccccc3-c3ccccc32)C1. The number of ether oxygens (including phenoxy) is 2. The maximum atomic E-state index is 12.9. The van der Waals surface area contributed by atoms with E-state index in [1.807, 2.05) is 36.4 Å². The molecule has 1 unspecified atom stereocenters. The van der Waals surface area contributed by atoms with Gasteiger partial charge in [-0.25, -0.2) is 9.59 Å². The van der Waals surface area contributed by atoms with Gasteiger partial charge >= 0.3 is 12.2 Å². The van der Waals surface area contributed by atoms with Crippen LogP contribution in [0.15, 0.2) is 48.5 Å². The molecule has 0 spiro atoms. The largest absolute Gasteiger partial charge is 0.448 e. The molecule has 2 aromatic rings. The van der Waals surface area contributed by atoms with Gasteiger partial charge in [-0.2, -0.15) is 0 Å². The summed E-state index contributed by atoms with van der Waals surface area (Å²) < 4.78 is 10.9. The van der Waals surface area contributed by atoms with E-state index in [0.717, 1.165) is 22.3 Å². The third kappa shape index (κ3) is 4.51. The van der Waals surface area contributed by atoms with Crippen LogP contribution >= 0.6 is 0 Å². The van der Waals surface area contributed by atoms with E-state index in [-0.39, 0.29) is 32.0 Å². The highest BCUT2D eigenvalue weighted by Crippen LogP contribution is 2.44. The van der Waals surface area contributed by atoms with E-state index in [1.54, 1.807) is 20.8 Å². The van der Waals surface area contributed by atoms with Crippen molar-refractivity contribution in [3.8, 4) is 11.1 Å². The molecule has 8 heteroatoms. The summed E-state index contributed by atoms with van der Waals surface area (Å²) in [5, 5.41) is 2.57. The average molecular weight is 452 g/mol. The van der Waals surface area contributed by atoms with Gasteiger partial charge in [0.25, 0.3) is 0 Å². The van der Waals surface area contributed by atoms with Crippen LogP contribution in [0.2, 0.25) is 0 Å². The van der Waals surface area contributed by atoms with Gasteiger partial charge in [-0.3, -0.25) is 4.79 Å². The zero-order valence-electron chi connectivity index (χ0n) is 19.1. The fourth-order valence-electron chi connectivity index (χ4n) is 4.51. The Balaban J connectivity index is 1.43. The van der Waals surface area contributed by atoms with Crippen molar-refractivity contribution in [1.29, 1.82) is 0 Å². The number of amides is 3. The third-order valence-corrected chi connectivity index (χ3v) is 6.08. The number of nitrogens with two attached hydrogens (primary N) is 1. The quantitative estimate of drug-likeness (QED) is 0.740. The second-order valence-electron chi connectivity index (χ2n) is 9.55. The zero-order valence-corrected chi connectivity index (χ0v) is 19.1. The zero-order chi connectivity index (χ0) is 23.8. The van der Waals surface area contributed by atoms with E-state index < -0.39 is 29.2 Å². The third-order valence-electron chi connectivity index (χ3n) is 6.08. The topological polar surface area (TPSA) is 111 Å². The maximum absolute atomic E-state index is 12.9. The van der Waals surface area contributed by atoms with Crippen molar-refractivity contribution in [1.82, 2.24) is 10.2 Å². The lowest BCUT2D eigenvalue weighted by atomic mass is 9.98. The normalized spacial score (nSPS) is 19.5. The molecule has 2 aliphatic rings. The number of primary amides is 1. The van der Waals surface area contributed by atoms with Gasteiger partial charge in [0.2, 0.25) is 5.91 Å². The molecular formula is C25H29N3O5. The van der Waals surface area contributed by atoms with Crippen LogP contribution < -0.4 is 11.1 Å². The molecule has 0 bridgehead atoms. The predicted molar refractivity (Wildman–Crippen MR) is 123 cm³/mol. The van der Waals surface area contributed by atoms with Crippen LogP contribution in [0.4, 0.5) is 9.59 Å². The van der Waals surface area contributed by atoms with Crippen molar-refractivity contribution in [3.63, 3.8) is 0 Å². The highest BCUT2D eigenvalue weighted by atomic mass is 16.6. The Hall–Kier alpha value is -3.55. The monoisotopic (exact) mass is 451 g/mol. The van der Waals surface area contributed by atoms with E-state index in [2.05, 4.69) is 17.4 Å². The fourth-order valence-corrected chi connectivity index (χ4v) is 4.51. The van der Waals surface area contributed by atoms with Crippen LogP contribution in [0.1, 0.15) is 44.2 Å². The summed E-state index contributed by atoms with van der Waals surface area (Å²) in [6.45, 7) is 5.50. The lowest BCUT2D eigenvalue weighted by Gasteiger charge is -2.29. The van der Waals surface area contributed by atoms with E-state index in [1.165, 1.54) is 4.90 Å². The van der Waals surface area contributed by atoms with Gasteiger partial charge in [0.1, 0.15) is 17.7 Å². The number of nitrogens with zero attached hydrogens (tertiary/aromatic N) is 1. The fraction of sp³-hybridized carbons (Fsp3) is 0.400. The molecule has 4 rings (SSSR count). The second-order valence-corrected chi connectivity index (χ2v) is 9.55. The summed E-state index contributed by atoms with van der Waals surface area (Å²) in [5.74, 6) is -0.785. The van der Waals surface area contributed by atoms with Gasteiger partial charge in [0.05, 0.1) is 6.54 Å². The van der Waals surface area contributed by atoms with Crippen LogP contribution in [0, 0.1) is 0 Å². The van der Waals surface area contributed by atoms with Crippen molar-refractivity contribution in [2.45, 2.75) is 44.2 Å². The molecule has 1 atom stereocenters. The molecule has 1 saturated heterocycles. The van der Waals surface area contributed by atoms with Gasteiger partial charge in [-0.15, -0.1) is 0 Å². The highest BCUT2D eigenvalue weighted by Gasteiger charge is 2.47. The summed E-state index contributed by atoms with van der Waals surface area (Å²) in [6, 6.07) is 16.2. The number of likely N-dealkylation sites (tertiary alicyclic amines) is 1. The Morgan fingerprint density at radius 3 is 2.18 bits per heavy atom. The molecule has 0 radical (unpaired) electrons. The molecule has 3 amide bonds. The molecule has 1 heterocycles. The molecule has 8 nitrogen and oxygen atoms in total. The van der Waals surface area contributed by atoms with Crippen molar-refractivity contribution in [2.24, 2.45) is 5.73 Å². The first-order chi connectivity index (χ1) is 15.6. The van der Waals surface area contributed by atoms with Gasteiger partial charge in [0.15, 0.2) is 0 Å². The number of hydrogen-bond donors (Lipinski definition) is 2. The van der Waals surface area contributed by atoms with E-state index in [9.17, 15) is 14.4 Å². The van der Waals surface area contributed by atoms with Crippen LogP contribution in [0.3, 0.4) is 0 Å². The minimum absolute atomic E-state index is 0.0651. The molecule has 33 heavy (non-hydrogen) atoms. The Bertz CT molecular complexity index is 1050. The molecule has 3 N–H and O–H groups in total. The molecule has 1 fully saturated rings. The number of alkyl carbamates (subject to hydrolysis) is 1.